The molecule has 0 heterocycles. The summed E-state index contributed by atoms with van der Waals surface area (Å²) in [5, 5.41) is 0.886. The number of halogens is 1. The van der Waals surface area contributed by atoms with E-state index in [9.17, 15) is 0 Å². The van der Waals surface area contributed by atoms with Gasteiger partial charge >= 0.3 is 0 Å². The third kappa shape index (κ3) is 5.03. The molecular weight excluding hydrogens is 216 g/mol. The Labute approximate surface area is 105 Å². The maximum atomic E-state index is 6.15. The van der Waals surface area contributed by atoms with Crippen molar-refractivity contribution >= 4 is 11.6 Å². The van der Waals surface area contributed by atoms with Gasteiger partial charge in [0.05, 0.1) is 0 Å². The zero-order chi connectivity index (χ0) is 12.1. The Kier molecular flexibility index (Phi) is 5.34. The molecule has 0 amide bonds. The van der Waals surface area contributed by atoms with Gasteiger partial charge in [-0.2, -0.15) is 0 Å². The van der Waals surface area contributed by atoms with Crippen LogP contribution in [0.5, 0.6) is 0 Å². The lowest BCUT2D eigenvalue weighted by Gasteiger charge is -2.10. The first-order chi connectivity index (χ1) is 7.47. The van der Waals surface area contributed by atoms with Crippen LogP contribution in [-0.4, -0.2) is 0 Å². The molecule has 0 saturated heterocycles. The first kappa shape index (κ1) is 13.6. The molecular formula is C15H23Cl. The van der Waals surface area contributed by atoms with Crippen LogP contribution in [0, 0.1) is 11.8 Å². The maximum absolute atomic E-state index is 6.15. The Morgan fingerprint density at radius 2 is 1.56 bits per heavy atom. The van der Waals surface area contributed by atoms with E-state index in [0.29, 0.717) is 5.92 Å². The molecule has 0 aliphatic heterocycles. The average Bonchev–Trinajstić information content (AvgIpc) is 2.12. The lowest BCUT2D eigenvalue weighted by atomic mass is 9.97. The minimum Gasteiger partial charge on any atom is -0.0843 e. The molecule has 0 N–H and O–H groups in total. The van der Waals surface area contributed by atoms with Crippen LogP contribution in [-0.2, 0) is 12.8 Å². The van der Waals surface area contributed by atoms with Crippen molar-refractivity contribution in [1.82, 2.24) is 0 Å². The minimum atomic E-state index is 0.691. The molecule has 0 fully saturated rings. The first-order valence-corrected chi connectivity index (χ1v) is 6.63. The fourth-order valence-corrected chi connectivity index (χ4v) is 2.19. The van der Waals surface area contributed by atoms with Gasteiger partial charge in [0, 0.05) is 5.02 Å². The van der Waals surface area contributed by atoms with Gasteiger partial charge in [0.2, 0.25) is 0 Å². The van der Waals surface area contributed by atoms with Gasteiger partial charge in [-0.05, 0) is 54.4 Å². The SMILES string of the molecule is CC(C)CCc1cc(Cl)cc(CC(C)C)c1. The van der Waals surface area contributed by atoms with E-state index >= 15 is 0 Å². The molecule has 0 aromatic heterocycles. The van der Waals surface area contributed by atoms with Crippen LogP contribution < -0.4 is 0 Å². The van der Waals surface area contributed by atoms with Gasteiger partial charge in [-0.3, -0.25) is 0 Å². The van der Waals surface area contributed by atoms with E-state index in [1.54, 1.807) is 0 Å². The Morgan fingerprint density at radius 1 is 0.938 bits per heavy atom. The van der Waals surface area contributed by atoms with E-state index in [0.717, 1.165) is 23.8 Å². The third-order valence-electron chi connectivity index (χ3n) is 2.67. The van der Waals surface area contributed by atoms with Crippen LogP contribution >= 0.6 is 11.6 Å². The summed E-state index contributed by atoms with van der Waals surface area (Å²) >= 11 is 6.15. The zero-order valence-electron chi connectivity index (χ0n) is 10.9. The van der Waals surface area contributed by atoms with Crippen molar-refractivity contribution in [3.8, 4) is 0 Å². The van der Waals surface area contributed by atoms with Crippen LogP contribution in [0.15, 0.2) is 18.2 Å². The summed E-state index contributed by atoms with van der Waals surface area (Å²) in [6.45, 7) is 9.02. The number of rotatable bonds is 5. The van der Waals surface area contributed by atoms with Crippen molar-refractivity contribution in [1.29, 1.82) is 0 Å². The molecule has 1 aromatic carbocycles. The zero-order valence-corrected chi connectivity index (χ0v) is 11.6. The molecule has 90 valence electrons. The maximum Gasteiger partial charge on any atom is 0.0411 e. The number of hydrogen-bond acceptors (Lipinski definition) is 0. The summed E-state index contributed by atoms with van der Waals surface area (Å²) < 4.78 is 0. The first-order valence-electron chi connectivity index (χ1n) is 6.25. The molecule has 0 nitrogen and oxygen atoms in total. The van der Waals surface area contributed by atoms with E-state index in [1.165, 1.54) is 17.5 Å². The number of benzene rings is 1. The highest BCUT2D eigenvalue weighted by Crippen LogP contribution is 2.20. The monoisotopic (exact) mass is 238 g/mol. The van der Waals surface area contributed by atoms with Crippen molar-refractivity contribution in [2.75, 3.05) is 0 Å². The average molecular weight is 239 g/mol. The van der Waals surface area contributed by atoms with Gasteiger partial charge in [0.15, 0.2) is 0 Å². The molecule has 0 aliphatic carbocycles. The second-order valence-corrected chi connectivity index (χ2v) is 5.93. The molecule has 0 aliphatic rings. The summed E-state index contributed by atoms with van der Waals surface area (Å²) in [6.07, 6.45) is 3.50. The largest absolute Gasteiger partial charge is 0.0843 e. The molecule has 1 heteroatoms. The third-order valence-corrected chi connectivity index (χ3v) is 2.89. The second kappa shape index (κ2) is 6.30. The van der Waals surface area contributed by atoms with E-state index in [1.807, 2.05) is 0 Å². The molecule has 0 unspecified atom stereocenters. The van der Waals surface area contributed by atoms with E-state index in [-0.39, 0.29) is 0 Å². The van der Waals surface area contributed by atoms with Crippen molar-refractivity contribution in [2.45, 2.75) is 47.0 Å². The van der Waals surface area contributed by atoms with Crippen LogP contribution in [0.4, 0.5) is 0 Å². The lowest BCUT2D eigenvalue weighted by Crippen LogP contribution is -1.97. The highest BCUT2D eigenvalue weighted by atomic mass is 35.5. The molecule has 0 atom stereocenters. The highest BCUT2D eigenvalue weighted by Gasteiger charge is 2.03. The van der Waals surface area contributed by atoms with Crippen molar-refractivity contribution < 1.29 is 0 Å². The van der Waals surface area contributed by atoms with E-state index < -0.39 is 0 Å². The Bertz CT molecular complexity index is 326. The summed E-state index contributed by atoms with van der Waals surface area (Å²) in [4.78, 5) is 0. The predicted octanol–water partition coefficient (Wildman–Crippen LogP) is 5.13. The van der Waals surface area contributed by atoms with Crippen LogP contribution in [0.25, 0.3) is 0 Å². The molecule has 16 heavy (non-hydrogen) atoms. The Morgan fingerprint density at radius 3 is 2.12 bits per heavy atom. The lowest BCUT2D eigenvalue weighted by molar-refractivity contribution is 0.586. The van der Waals surface area contributed by atoms with Gasteiger partial charge < -0.3 is 0 Å². The normalized spacial score (nSPS) is 11.4. The van der Waals surface area contributed by atoms with Gasteiger partial charge in [-0.1, -0.05) is 45.4 Å². The topological polar surface area (TPSA) is 0 Å². The predicted molar refractivity (Wildman–Crippen MR) is 73.2 cm³/mol. The van der Waals surface area contributed by atoms with Crippen LogP contribution in [0.1, 0.15) is 45.2 Å². The number of hydrogen-bond donors (Lipinski definition) is 0. The Balaban J connectivity index is 2.73. The molecule has 0 saturated carbocycles. The molecule has 0 radical (unpaired) electrons. The number of aryl methyl sites for hydroxylation is 1. The van der Waals surface area contributed by atoms with Crippen molar-refractivity contribution in [3.63, 3.8) is 0 Å². The van der Waals surface area contributed by atoms with Gasteiger partial charge in [0.1, 0.15) is 0 Å². The van der Waals surface area contributed by atoms with Crippen molar-refractivity contribution in [2.24, 2.45) is 11.8 Å². The van der Waals surface area contributed by atoms with Crippen molar-refractivity contribution in [3.05, 3.63) is 34.3 Å². The van der Waals surface area contributed by atoms with Gasteiger partial charge in [-0.15, -0.1) is 0 Å². The second-order valence-electron chi connectivity index (χ2n) is 5.50. The minimum absolute atomic E-state index is 0.691. The molecule has 1 aromatic rings. The smallest absolute Gasteiger partial charge is 0.0411 e. The van der Waals surface area contributed by atoms with Gasteiger partial charge in [0.25, 0.3) is 0 Å². The molecule has 0 bridgehead atoms. The fourth-order valence-electron chi connectivity index (χ4n) is 1.91. The summed E-state index contributed by atoms with van der Waals surface area (Å²) in [5.41, 5.74) is 2.76. The van der Waals surface area contributed by atoms with E-state index in [4.69, 9.17) is 11.6 Å². The quantitative estimate of drug-likeness (QED) is 0.667. The standard InChI is InChI=1S/C15H23Cl/c1-11(2)5-6-13-8-14(7-12(3)4)10-15(16)9-13/h8-12H,5-7H2,1-4H3. The molecule has 1 rings (SSSR count). The summed E-state index contributed by atoms with van der Waals surface area (Å²) in [5.74, 6) is 1.45. The highest BCUT2D eigenvalue weighted by molar-refractivity contribution is 6.30. The van der Waals surface area contributed by atoms with E-state index in [2.05, 4.69) is 45.9 Å². The summed E-state index contributed by atoms with van der Waals surface area (Å²) in [6, 6.07) is 6.52. The fraction of sp³-hybridized carbons (Fsp3) is 0.600. The Hall–Kier alpha value is -0.490. The van der Waals surface area contributed by atoms with Gasteiger partial charge in [-0.25, -0.2) is 0 Å². The summed E-state index contributed by atoms with van der Waals surface area (Å²) in [7, 11) is 0. The van der Waals surface area contributed by atoms with Crippen LogP contribution in [0.3, 0.4) is 0 Å². The molecule has 0 spiro atoms. The van der Waals surface area contributed by atoms with Crippen LogP contribution in [0.2, 0.25) is 5.02 Å².